The molecule has 3 aromatic rings. The van der Waals surface area contributed by atoms with Crippen molar-refractivity contribution in [2.45, 2.75) is 27.4 Å². The molecule has 8 nitrogen and oxygen atoms in total. The SMILES string of the molecule is CC(C)(C)CN/C=C(\C=N)c1ccc(C#N)nc1-c1ccn2nc(CO)nc2c1. The molecule has 0 amide bonds. The number of allylic oxidation sites excluding steroid dienone is 1. The van der Waals surface area contributed by atoms with Gasteiger partial charge in [0.25, 0.3) is 0 Å². The lowest BCUT2D eigenvalue weighted by molar-refractivity contribution is 0.271. The van der Waals surface area contributed by atoms with Crippen LogP contribution in [0.15, 0.2) is 36.7 Å². The first-order chi connectivity index (χ1) is 13.8. The summed E-state index contributed by atoms with van der Waals surface area (Å²) in [6.07, 6.45) is 4.79. The molecular weight excluding hydrogens is 366 g/mol. The van der Waals surface area contributed by atoms with Gasteiger partial charge in [0, 0.05) is 41.9 Å². The minimum atomic E-state index is -0.245. The van der Waals surface area contributed by atoms with Gasteiger partial charge in [-0.25, -0.2) is 14.5 Å². The molecular formula is C21H23N7O. The second-order valence-electron chi connectivity index (χ2n) is 7.79. The van der Waals surface area contributed by atoms with Crippen molar-refractivity contribution in [2.24, 2.45) is 5.41 Å². The van der Waals surface area contributed by atoms with E-state index >= 15 is 0 Å². The average Bonchev–Trinajstić information content (AvgIpc) is 3.12. The first-order valence-corrected chi connectivity index (χ1v) is 9.17. The Morgan fingerprint density at radius 2 is 2.10 bits per heavy atom. The Kier molecular flexibility index (Phi) is 5.71. The number of aromatic nitrogens is 4. The van der Waals surface area contributed by atoms with Gasteiger partial charge in [-0.3, -0.25) is 0 Å². The standard InChI is InChI=1S/C21H23N7O/c1-21(2,3)13-24-11-15(9-22)17-5-4-16(10-23)25-20(17)14-6-7-28-19(8-14)26-18(12-29)27-28/h4-9,11,22,24,29H,12-13H2,1-3H3/b15-11+,22-9?. The lowest BCUT2D eigenvalue weighted by Crippen LogP contribution is -2.23. The number of hydrogen-bond donors (Lipinski definition) is 3. The van der Waals surface area contributed by atoms with Crippen LogP contribution in [0.1, 0.15) is 37.9 Å². The number of pyridine rings is 2. The van der Waals surface area contributed by atoms with E-state index in [1.165, 1.54) is 6.21 Å². The number of nitriles is 1. The smallest absolute Gasteiger partial charge is 0.177 e. The van der Waals surface area contributed by atoms with E-state index in [1.807, 2.05) is 6.07 Å². The summed E-state index contributed by atoms with van der Waals surface area (Å²) in [6.45, 7) is 6.88. The molecule has 8 heteroatoms. The molecule has 0 aliphatic rings. The van der Waals surface area contributed by atoms with E-state index in [-0.39, 0.29) is 17.7 Å². The van der Waals surface area contributed by atoms with Crippen molar-refractivity contribution in [1.82, 2.24) is 24.9 Å². The third-order valence-corrected chi connectivity index (χ3v) is 4.16. The zero-order valence-electron chi connectivity index (χ0n) is 16.6. The normalized spacial score (nSPS) is 12.0. The summed E-state index contributed by atoms with van der Waals surface area (Å²) in [6, 6.07) is 9.11. The summed E-state index contributed by atoms with van der Waals surface area (Å²) in [7, 11) is 0. The highest BCUT2D eigenvalue weighted by molar-refractivity contribution is 6.10. The predicted octanol–water partition coefficient (Wildman–Crippen LogP) is 2.78. The second kappa shape index (κ2) is 8.20. The van der Waals surface area contributed by atoms with Crippen molar-refractivity contribution >= 4 is 17.4 Å². The molecule has 3 N–H and O–H groups in total. The number of fused-ring (bicyclic) bond motifs is 1. The second-order valence-corrected chi connectivity index (χ2v) is 7.79. The van der Waals surface area contributed by atoms with Crippen LogP contribution in [0.4, 0.5) is 0 Å². The number of aliphatic hydroxyl groups is 1. The summed E-state index contributed by atoms with van der Waals surface area (Å²) < 4.78 is 1.57. The van der Waals surface area contributed by atoms with Crippen molar-refractivity contribution < 1.29 is 5.11 Å². The molecule has 0 fully saturated rings. The molecule has 0 radical (unpaired) electrons. The lowest BCUT2D eigenvalue weighted by Gasteiger charge is -2.18. The molecule has 0 unspecified atom stereocenters. The maximum Gasteiger partial charge on any atom is 0.177 e. The van der Waals surface area contributed by atoms with Gasteiger partial charge in [-0.05, 0) is 29.7 Å². The van der Waals surface area contributed by atoms with Crippen LogP contribution in [0.25, 0.3) is 22.5 Å². The summed E-state index contributed by atoms with van der Waals surface area (Å²) in [5.74, 6) is 0.326. The fraction of sp³-hybridized carbons (Fsp3) is 0.286. The monoisotopic (exact) mass is 389 g/mol. The van der Waals surface area contributed by atoms with Crippen molar-refractivity contribution in [3.8, 4) is 17.3 Å². The first-order valence-electron chi connectivity index (χ1n) is 9.17. The van der Waals surface area contributed by atoms with Gasteiger partial charge < -0.3 is 15.8 Å². The summed E-state index contributed by atoms with van der Waals surface area (Å²) in [5, 5.41) is 33.8. The number of hydrogen-bond acceptors (Lipinski definition) is 7. The van der Waals surface area contributed by atoms with E-state index in [0.717, 1.165) is 17.7 Å². The first kappa shape index (κ1) is 20.2. The summed E-state index contributed by atoms with van der Waals surface area (Å²) in [5.41, 5.74) is 3.64. The fourth-order valence-electron chi connectivity index (χ4n) is 2.78. The van der Waals surface area contributed by atoms with E-state index in [2.05, 4.69) is 47.2 Å². The molecule has 0 saturated carbocycles. The van der Waals surface area contributed by atoms with E-state index in [9.17, 15) is 10.4 Å². The maximum atomic E-state index is 9.30. The highest BCUT2D eigenvalue weighted by Gasteiger charge is 2.14. The number of rotatable bonds is 6. The van der Waals surface area contributed by atoms with Gasteiger partial charge in [-0.15, -0.1) is 5.10 Å². The van der Waals surface area contributed by atoms with Crippen molar-refractivity contribution in [3.63, 3.8) is 0 Å². The van der Waals surface area contributed by atoms with Gasteiger partial charge in [0.2, 0.25) is 0 Å². The summed E-state index contributed by atoms with van der Waals surface area (Å²) >= 11 is 0. The van der Waals surface area contributed by atoms with E-state index in [0.29, 0.717) is 22.7 Å². The molecule has 0 bridgehead atoms. The Hall–Kier alpha value is -3.57. The summed E-state index contributed by atoms with van der Waals surface area (Å²) in [4.78, 5) is 8.75. The van der Waals surface area contributed by atoms with Crippen LogP contribution < -0.4 is 5.32 Å². The van der Waals surface area contributed by atoms with Crippen LogP contribution in [0.5, 0.6) is 0 Å². The maximum absolute atomic E-state index is 9.30. The number of nitrogens with one attached hydrogen (secondary N) is 2. The minimum Gasteiger partial charge on any atom is -0.390 e. The molecule has 3 rings (SSSR count). The van der Waals surface area contributed by atoms with Gasteiger partial charge in [-0.2, -0.15) is 5.26 Å². The van der Waals surface area contributed by atoms with Gasteiger partial charge in [0.1, 0.15) is 18.4 Å². The Bertz CT molecular complexity index is 1120. The molecule has 29 heavy (non-hydrogen) atoms. The van der Waals surface area contributed by atoms with Gasteiger partial charge in [0.15, 0.2) is 11.5 Å². The van der Waals surface area contributed by atoms with Crippen LogP contribution in [0.2, 0.25) is 0 Å². The van der Waals surface area contributed by atoms with E-state index in [4.69, 9.17) is 5.41 Å². The van der Waals surface area contributed by atoms with Crippen LogP contribution in [0.3, 0.4) is 0 Å². The molecule has 0 aliphatic heterocycles. The fourth-order valence-corrected chi connectivity index (χ4v) is 2.78. The molecule has 3 aromatic heterocycles. The van der Waals surface area contributed by atoms with E-state index in [1.54, 1.807) is 35.1 Å². The largest absolute Gasteiger partial charge is 0.390 e. The third kappa shape index (κ3) is 4.65. The Morgan fingerprint density at radius 3 is 2.76 bits per heavy atom. The van der Waals surface area contributed by atoms with Crippen molar-refractivity contribution in [2.75, 3.05) is 6.54 Å². The van der Waals surface area contributed by atoms with Crippen molar-refractivity contribution in [3.05, 3.63) is 53.7 Å². The predicted molar refractivity (Wildman–Crippen MR) is 111 cm³/mol. The molecule has 0 spiro atoms. The zero-order valence-corrected chi connectivity index (χ0v) is 16.6. The zero-order chi connectivity index (χ0) is 21.0. The highest BCUT2D eigenvalue weighted by atomic mass is 16.3. The Morgan fingerprint density at radius 1 is 1.31 bits per heavy atom. The molecule has 0 saturated heterocycles. The number of aliphatic hydroxyl groups excluding tert-OH is 1. The quantitative estimate of drug-likeness (QED) is 0.557. The third-order valence-electron chi connectivity index (χ3n) is 4.16. The Balaban J connectivity index is 2.09. The Labute approximate surface area is 169 Å². The molecule has 0 atom stereocenters. The minimum absolute atomic E-state index is 0.0957. The van der Waals surface area contributed by atoms with Gasteiger partial charge >= 0.3 is 0 Å². The van der Waals surface area contributed by atoms with Crippen LogP contribution in [-0.4, -0.2) is 37.4 Å². The van der Waals surface area contributed by atoms with Gasteiger partial charge in [-0.1, -0.05) is 20.8 Å². The highest BCUT2D eigenvalue weighted by Crippen LogP contribution is 2.27. The van der Waals surface area contributed by atoms with Crippen molar-refractivity contribution in [1.29, 1.82) is 10.7 Å². The van der Waals surface area contributed by atoms with E-state index < -0.39 is 0 Å². The number of nitrogens with zero attached hydrogens (tertiary/aromatic N) is 5. The average molecular weight is 389 g/mol. The molecule has 0 aromatic carbocycles. The molecule has 148 valence electrons. The molecule has 0 aliphatic carbocycles. The van der Waals surface area contributed by atoms with Crippen LogP contribution in [-0.2, 0) is 6.61 Å². The van der Waals surface area contributed by atoms with Gasteiger partial charge in [0.05, 0.1) is 5.69 Å². The van der Waals surface area contributed by atoms with Crippen LogP contribution in [0, 0.1) is 22.2 Å². The topological polar surface area (TPSA) is 123 Å². The lowest BCUT2D eigenvalue weighted by atomic mass is 9.97. The van der Waals surface area contributed by atoms with Crippen LogP contribution >= 0.6 is 0 Å². The molecule has 3 heterocycles.